The second kappa shape index (κ2) is 6.85. The molecule has 0 radical (unpaired) electrons. The van der Waals surface area contributed by atoms with Gasteiger partial charge in [0, 0.05) is 18.8 Å². The molecule has 1 aliphatic rings. The Morgan fingerprint density at radius 1 is 1.22 bits per heavy atom. The summed E-state index contributed by atoms with van der Waals surface area (Å²) in [4.78, 5) is 2.44. The molecule has 0 aliphatic carbocycles. The average molecular weight is 305 g/mol. The Bertz CT molecular complexity index is 730. The number of hydrogen-bond donors (Lipinski definition) is 1. The summed E-state index contributed by atoms with van der Waals surface area (Å²) in [6.45, 7) is 5.07. The van der Waals surface area contributed by atoms with Gasteiger partial charge in [0.2, 0.25) is 0 Å². The maximum atomic E-state index is 9.04. The maximum Gasteiger partial charge on any atom is 0.0991 e. The summed E-state index contributed by atoms with van der Waals surface area (Å²) in [7, 11) is 0. The van der Waals surface area contributed by atoms with Gasteiger partial charge in [-0.05, 0) is 73.2 Å². The third-order valence-electron chi connectivity index (χ3n) is 4.57. The monoisotopic (exact) mass is 305 g/mol. The minimum Gasteiger partial charge on any atom is -0.371 e. The first-order chi connectivity index (χ1) is 11.2. The van der Waals surface area contributed by atoms with Crippen LogP contribution in [0.25, 0.3) is 0 Å². The van der Waals surface area contributed by atoms with Crippen LogP contribution in [-0.2, 0) is 6.42 Å². The fourth-order valence-electron chi connectivity index (χ4n) is 3.37. The number of rotatable bonds is 4. The van der Waals surface area contributed by atoms with Crippen LogP contribution in [0.2, 0.25) is 0 Å². The number of hydrogen-bond acceptors (Lipinski definition) is 3. The Labute approximate surface area is 138 Å². The van der Waals surface area contributed by atoms with E-state index in [-0.39, 0.29) is 0 Å². The lowest BCUT2D eigenvalue weighted by atomic mass is 10.0. The van der Waals surface area contributed by atoms with Crippen LogP contribution in [0.1, 0.15) is 28.7 Å². The second-order valence-corrected chi connectivity index (χ2v) is 6.50. The molecule has 0 amide bonds. The minimum absolute atomic E-state index is 0.617. The first kappa shape index (κ1) is 15.6. The fraction of sp³-hybridized carbons (Fsp3) is 0.350. The highest BCUT2D eigenvalue weighted by molar-refractivity contribution is 5.53. The van der Waals surface area contributed by atoms with Crippen LogP contribution in [0.3, 0.4) is 0 Å². The fourth-order valence-corrected chi connectivity index (χ4v) is 3.37. The third kappa shape index (κ3) is 3.72. The second-order valence-electron chi connectivity index (χ2n) is 6.50. The largest absolute Gasteiger partial charge is 0.371 e. The van der Waals surface area contributed by atoms with E-state index in [0.29, 0.717) is 5.92 Å². The van der Waals surface area contributed by atoms with Crippen LogP contribution in [0.5, 0.6) is 0 Å². The highest BCUT2D eigenvalue weighted by Gasteiger charge is 2.21. The third-order valence-corrected chi connectivity index (χ3v) is 4.57. The molecule has 1 saturated heterocycles. The van der Waals surface area contributed by atoms with E-state index in [9.17, 15) is 0 Å². The molecular formula is C20H23N3. The van der Waals surface area contributed by atoms with E-state index in [1.54, 1.807) is 0 Å². The average Bonchev–Trinajstić information content (AvgIpc) is 3.03. The lowest BCUT2D eigenvalue weighted by Crippen LogP contribution is -2.22. The van der Waals surface area contributed by atoms with Crippen molar-refractivity contribution in [1.29, 1.82) is 5.26 Å². The smallest absolute Gasteiger partial charge is 0.0991 e. The lowest BCUT2D eigenvalue weighted by Gasteiger charge is -2.20. The van der Waals surface area contributed by atoms with Crippen molar-refractivity contribution in [3.05, 3.63) is 64.7 Å². The van der Waals surface area contributed by atoms with Gasteiger partial charge >= 0.3 is 0 Å². The van der Waals surface area contributed by atoms with Gasteiger partial charge in [-0.3, -0.25) is 0 Å². The predicted molar refractivity (Wildman–Crippen MR) is 94.5 cm³/mol. The highest BCUT2D eigenvalue weighted by Crippen LogP contribution is 2.26. The van der Waals surface area contributed by atoms with Crippen LogP contribution >= 0.6 is 0 Å². The van der Waals surface area contributed by atoms with Crippen molar-refractivity contribution < 1.29 is 0 Å². The zero-order valence-corrected chi connectivity index (χ0v) is 13.6. The summed E-state index contributed by atoms with van der Waals surface area (Å²) in [5.41, 5.74) is 11.6. The molecule has 23 heavy (non-hydrogen) atoms. The summed E-state index contributed by atoms with van der Waals surface area (Å²) in [6, 6.07) is 16.9. The molecule has 0 saturated carbocycles. The quantitative estimate of drug-likeness (QED) is 0.943. The molecule has 2 aromatic carbocycles. The van der Waals surface area contributed by atoms with E-state index < -0.39 is 0 Å². The molecule has 1 heterocycles. The van der Waals surface area contributed by atoms with Crippen LogP contribution in [-0.4, -0.2) is 19.6 Å². The Morgan fingerprint density at radius 3 is 2.83 bits per heavy atom. The van der Waals surface area contributed by atoms with Crippen molar-refractivity contribution in [3.8, 4) is 6.07 Å². The van der Waals surface area contributed by atoms with Crippen LogP contribution < -0.4 is 10.6 Å². The van der Waals surface area contributed by atoms with Crippen molar-refractivity contribution >= 4 is 5.69 Å². The maximum absolute atomic E-state index is 9.04. The van der Waals surface area contributed by atoms with Gasteiger partial charge in [-0.2, -0.15) is 5.26 Å². The Balaban J connectivity index is 1.82. The van der Waals surface area contributed by atoms with E-state index in [1.165, 1.54) is 28.8 Å². The summed E-state index contributed by atoms with van der Waals surface area (Å²) in [6.07, 6.45) is 2.04. The van der Waals surface area contributed by atoms with Crippen molar-refractivity contribution in [2.75, 3.05) is 24.5 Å². The van der Waals surface area contributed by atoms with E-state index >= 15 is 0 Å². The number of benzene rings is 2. The van der Waals surface area contributed by atoms with Gasteiger partial charge in [-0.15, -0.1) is 0 Å². The van der Waals surface area contributed by atoms with Gasteiger partial charge in [0.05, 0.1) is 11.6 Å². The van der Waals surface area contributed by atoms with Crippen molar-refractivity contribution in [2.45, 2.75) is 19.8 Å². The van der Waals surface area contributed by atoms with Crippen molar-refractivity contribution in [3.63, 3.8) is 0 Å². The molecule has 1 aliphatic heterocycles. The summed E-state index contributed by atoms with van der Waals surface area (Å²) >= 11 is 0. The molecule has 3 nitrogen and oxygen atoms in total. The first-order valence-electron chi connectivity index (χ1n) is 8.22. The lowest BCUT2D eigenvalue weighted by molar-refractivity contribution is 0.602. The Kier molecular flexibility index (Phi) is 4.64. The summed E-state index contributed by atoms with van der Waals surface area (Å²) in [5.74, 6) is 0.617. The summed E-state index contributed by atoms with van der Waals surface area (Å²) < 4.78 is 0. The van der Waals surface area contributed by atoms with Gasteiger partial charge in [-0.25, -0.2) is 0 Å². The molecule has 118 valence electrons. The van der Waals surface area contributed by atoms with E-state index in [2.05, 4.69) is 42.2 Å². The topological polar surface area (TPSA) is 53.0 Å². The number of nitrogens with two attached hydrogens (primary N) is 1. The molecule has 1 unspecified atom stereocenters. The molecule has 3 rings (SSSR count). The van der Waals surface area contributed by atoms with Gasteiger partial charge in [-0.1, -0.05) is 18.2 Å². The molecule has 2 aromatic rings. The van der Waals surface area contributed by atoms with Crippen molar-refractivity contribution in [1.82, 2.24) is 0 Å². The van der Waals surface area contributed by atoms with Crippen molar-refractivity contribution in [2.24, 2.45) is 11.7 Å². The SMILES string of the molecule is Cc1cc(Cc2cccc(C#N)c2)cc(N2CCC(CN)C2)c1. The number of aryl methyl sites for hydroxylation is 1. The number of nitrogens with zero attached hydrogens (tertiary/aromatic N) is 2. The van der Waals surface area contributed by atoms with Crippen LogP contribution in [0.4, 0.5) is 5.69 Å². The Hall–Kier alpha value is -2.31. The van der Waals surface area contributed by atoms with Gasteiger partial charge in [0.1, 0.15) is 0 Å². The zero-order valence-electron chi connectivity index (χ0n) is 13.6. The van der Waals surface area contributed by atoms with E-state index in [1.807, 2.05) is 18.2 Å². The molecule has 0 spiro atoms. The van der Waals surface area contributed by atoms with Gasteiger partial charge in [0.15, 0.2) is 0 Å². The molecule has 3 heteroatoms. The Morgan fingerprint density at radius 2 is 2.09 bits per heavy atom. The van der Waals surface area contributed by atoms with Gasteiger partial charge < -0.3 is 10.6 Å². The minimum atomic E-state index is 0.617. The molecular weight excluding hydrogens is 282 g/mol. The van der Waals surface area contributed by atoms with Crippen LogP contribution in [0, 0.1) is 24.2 Å². The molecule has 0 aromatic heterocycles. The summed E-state index contributed by atoms with van der Waals surface area (Å²) in [5, 5.41) is 9.04. The molecule has 1 fully saturated rings. The van der Waals surface area contributed by atoms with Crippen LogP contribution in [0.15, 0.2) is 42.5 Å². The zero-order chi connectivity index (χ0) is 16.2. The van der Waals surface area contributed by atoms with E-state index in [0.717, 1.165) is 31.6 Å². The molecule has 0 bridgehead atoms. The first-order valence-corrected chi connectivity index (χ1v) is 8.22. The number of nitriles is 1. The molecule has 1 atom stereocenters. The number of anilines is 1. The highest BCUT2D eigenvalue weighted by atomic mass is 15.2. The molecule has 2 N–H and O–H groups in total. The standard InChI is InChI=1S/C20H23N3/c1-15-7-19(10-16-3-2-4-17(9-16)12-21)11-20(8-15)23-6-5-18(13-22)14-23/h2-4,7-9,11,18H,5-6,10,13-14,22H2,1H3. The van der Waals surface area contributed by atoms with E-state index in [4.69, 9.17) is 11.0 Å². The normalized spacial score (nSPS) is 17.3. The van der Waals surface area contributed by atoms with Gasteiger partial charge in [0.25, 0.3) is 0 Å². The predicted octanol–water partition coefficient (Wildman–Crippen LogP) is 3.24.